The number of carboxylic acids is 1. The summed E-state index contributed by atoms with van der Waals surface area (Å²) in [5, 5.41) is 16.5. The first-order chi connectivity index (χ1) is 12.4. The lowest BCUT2D eigenvalue weighted by Gasteiger charge is -2.27. The Morgan fingerprint density at radius 1 is 0.926 bits per heavy atom. The molecule has 0 fully saturated rings. The van der Waals surface area contributed by atoms with Gasteiger partial charge in [0, 0.05) is 5.75 Å². The van der Waals surface area contributed by atoms with Crippen molar-refractivity contribution in [1.82, 2.24) is 16.0 Å². The second-order valence-corrected chi connectivity index (χ2v) is 7.64. The minimum Gasteiger partial charge on any atom is -0.480 e. The Balaban J connectivity index is 5.23. The Labute approximate surface area is 165 Å². The highest BCUT2D eigenvalue weighted by molar-refractivity contribution is 7.80. The summed E-state index contributed by atoms with van der Waals surface area (Å²) >= 11 is 3.97. The number of hydrogen-bond acceptors (Lipinski definition) is 6. The van der Waals surface area contributed by atoms with Crippen molar-refractivity contribution < 1.29 is 24.3 Å². The quantitative estimate of drug-likeness (QED) is 0.256. The molecule has 0 bridgehead atoms. The summed E-state index contributed by atoms with van der Waals surface area (Å²) < 4.78 is 0. The van der Waals surface area contributed by atoms with E-state index in [4.69, 9.17) is 10.8 Å². The standard InChI is InChI=1S/C17H32N4O5S/c1-8(2)6-12(20-14(22)11(18)7-27)15(23)21-13(9(3)4)16(24)19-10(5)17(25)26/h8-13,27H,6-7,18H2,1-5H3,(H,19,24)(H,20,22)(H,21,23)(H,25,26). The predicted molar refractivity (Wildman–Crippen MR) is 105 cm³/mol. The van der Waals surface area contributed by atoms with Crippen molar-refractivity contribution in [2.24, 2.45) is 17.6 Å². The van der Waals surface area contributed by atoms with Crippen molar-refractivity contribution in [3.05, 3.63) is 0 Å². The van der Waals surface area contributed by atoms with E-state index in [1.165, 1.54) is 6.92 Å². The molecule has 9 nitrogen and oxygen atoms in total. The fourth-order valence-corrected chi connectivity index (χ4v) is 2.38. The zero-order valence-corrected chi connectivity index (χ0v) is 17.4. The molecule has 0 aliphatic rings. The summed E-state index contributed by atoms with van der Waals surface area (Å²) in [4.78, 5) is 48.0. The highest BCUT2D eigenvalue weighted by atomic mass is 32.1. The largest absolute Gasteiger partial charge is 0.480 e. The molecule has 0 aromatic heterocycles. The summed E-state index contributed by atoms with van der Waals surface area (Å²) in [5.41, 5.74) is 5.64. The molecular weight excluding hydrogens is 372 g/mol. The lowest BCUT2D eigenvalue weighted by Crippen LogP contribution is -2.58. The van der Waals surface area contributed by atoms with Crippen LogP contribution in [0, 0.1) is 11.8 Å². The number of amides is 3. The second-order valence-electron chi connectivity index (χ2n) is 7.28. The first-order valence-electron chi connectivity index (χ1n) is 8.91. The van der Waals surface area contributed by atoms with Crippen molar-refractivity contribution in [2.45, 2.75) is 65.2 Å². The number of rotatable bonds is 11. The van der Waals surface area contributed by atoms with Crippen LogP contribution in [0.25, 0.3) is 0 Å². The topological polar surface area (TPSA) is 151 Å². The van der Waals surface area contributed by atoms with Crippen molar-refractivity contribution in [2.75, 3.05) is 5.75 Å². The van der Waals surface area contributed by atoms with Gasteiger partial charge in [0.2, 0.25) is 17.7 Å². The third-order valence-corrected chi connectivity index (χ3v) is 4.24. The van der Waals surface area contributed by atoms with E-state index in [0.717, 1.165) is 0 Å². The highest BCUT2D eigenvalue weighted by Gasteiger charge is 2.31. The second kappa shape index (κ2) is 11.8. The number of nitrogens with two attached hydrogens (primary N) is 1. The normalized spacial score (nSPS) is 15.6. The SMILES string of the molecule is CC(C)CC(NC(=O)C(N)CS)C(=O)NC(C(=O)NC(C)C(=O)O)C(C)C. The zero-order chi connectivity index (χ0) is 21.3. The van der Waals surface area contributed by atoms with E-state index >= 15 is 0 Å². The molecule has 27 heavy (non-hydrogen) atoms. The monoisotopic (exact) mass is 404 g/mol. The minimum atomic E-state index is -1.18. The molecule has 0 rings (SSSR count). The molecule has 0 aliphatic heterocycles. The van der Waals surface area contributed by atoms with Gasteiger partial charge in [0.05, 0.1) is 6.04 Å². The number of thiol groups is 1. The fraction of sp³-hybridized carbons (Fsp3) is 0.765. The molecule has 0 aromatic rings. The van der Waals surface area contributed by atoms with Gasteiger partial charge in [-0.05, 0) is 25.2 Å². The van der Waals surface area contributed by atoms with E-state index in [1.807, 2.05) is 13.8 Å². The Morgan fingerprint density at radius 2 is 1.48 bits per heavy atom. The van der Waals surface area contributed by atoms with Crippen LogP contribution in [0.15, 0.2) is 0 Å². The molecule has 10 heteroatoms. The number of carbonyl (C=O) groups is 4. The maximum atomic E-state index is 12.7. The van der Waals surface area contributed by atoms with Crippen LogP contribution < -0.4 is 21.7 Å². The molecule has 0 saturated heterocycles. The first kappa shape index (κ1) is 25.2. The van der Waals surface area contributed by atoms with Crippen LogP contribution in [-0.2, 0) is 19.2 Å². The lowest BCUT2D eigenvalue weighted by atomic mass is 9.99. The van der Waals surface area contributed by atoms with Gasteiger partial charge in [-0.3, -0.25) is 19.2 Å². The van der Waals surface area contributed by atoms with Gasteiger partial charge in [-0.1, -0.05) is 27.7 Å². The van der Waals surface area contributed by atoms with Crippen molar-refractivity contribution in [3.63, 3.8) is 0 Å². The molecule has 3 amide bonds. The number of aliphatic carboxylic acids is 1. The highest BCUT2D eigenvalue weighted by Crippen LogP contribution is 2.08. The van der Waals surface area contributed by atoms with Crippen LogP contribution >= 0.6 is 12.6 Å². The average molecular weight is 405 g/mol. The number of carbonyl (C=O) groups excluding carboxylic acids is 3. The van der Waals surface area contributed by atoms with Crippen LogP contribution in [0.1, 0.15) is 41.0 Å². The minimum absolute atomic E-state index is 0.103. The zero-order valence-electron chi connectivity index (χ0n) is 16.5. The summed E-state index contributed by atoms with van der Waals surface area (Å²) in [5.74, 6) is -2.86. The van der Waals surface area contributed by atoms with E-state index in [-0.39, 0.29) is 17.6 Å². The summed E-state index contributed by atoms with van der Waals surface area (Å²) in [6.07, 6.45) is 0.356. The maximum absolute atomic E-state index is 12.7. The van der Waals surface area contributed by atoms with E-state index in [1.54, 1.807) is 13.8 Å². The van der Waals surface area contributed by atoms with Crippen LogP contribution in [0.3, 0.4) is 0 Å². The van der Waals surface area contributed by atoms with Gasteiger partial charge in [-0.2, -0.15) is 12.6 Å². The van der Waals surface area contributed by atoms with Crippen molar-refractivity contribution in [3.8, 4) is 0 Å². The van der Waals surface area contributed by atoms with Crippen LogP contribution in [0.4, 0.5) is 0 Å². The molecular formula is C17H32N4O5S. The Hall–Kier alpha value is -1.81. The van der Waals surface area contributed by atoms with Gasteiger partial charge in [-0.25, -0.2) is 0 Å². The molecule has 0 aromatic carbocycles. The van der Waals surface area contributed by atoms with Crippen molar-refractivity contribution >= 4 is 36.3 Å². The summed E-state index contributed by atoms with van der Waals surface area (Å²) in [7, 11) is 0. The maximum Gasteiger partial charge on any atom is 0.325 e. The molecule has 0 aliphatic carbocycles. The third-order valence-electron chi connectivity index (χ3n) is 3.85. The van der Waals surface area contributed by atoms with Gasteiger partial charge >= 0.3 is 5.97 Å². The first-order valence-corrected chi connectivity index (χ1v) is 9.54. The molecule has 0 heterocycles. The van der Waals surface area contributed by atoms with E-state index in [0.29, 0.717) is 6.42 Å². The van der Waals surface area contributed by atoms with E-state index < -0.39 is 47.9 Å². The number of hydrogen-bond donors (Lipinski definition) is 6. The molecule has 4 atom stereocenters. The Morgan fingerprint density at radius 3 is 1.89 bits per heavy atom. The van der Waals surface area contributed by atoms with E-state index in [9.17, 15) is 19.2 Å². The van der Waals surface area contributed by atoms with Gasteiger partial charge in [0.25, 0.3) is 0 Å². The molecule has 0 spiro atoms. The summed E-state index contributed by atoms with van der Waals surface area (Å²) in [6, 6.07) is -3.74. The fourth-order valence-electron chi connectivity index (χ4n) is 2.22. The molecule has 0 saturated carbocycles. The van der Waals surface area contributed by atoms with Crippen molar-refractivity contribution in [1.29, 1.82) is 0 Å². The Bertz CT molecular complexity index is 541. The van der Waals surface area contributed by atoms with Crippen LogP contribution in [-0.4, -0.2) is 58.7 Å². The predicted octanol–water partition coefficient (Wildman–Crippen LogP) is -0.495. The number of carboxylic acid groups (broad SMARTS) is 1. The average Bonchev–Trinajstić information content (AvgIpc) is 2.56. The van der Waals surface area contributed by atoms with Gasteiger partial charge < -0.3 is 26.8 Å². The van der Waals surface area contributed by atoms with Crippen LogP contribution in [0.5, 0.6) is 0 Å². The number of nitrogens with one attached hydrogen (secondary N) is 3. The Kier molecular flexibility index (Phi) is 11.0. The third kappa shape index (κ3) is 9.09. The molecule has 4 unspecified atom stereocenters. The molecule has 6 N–H and O–H groups in total. The molecule has 156 valence electrons. The summed E-state index contributed by atoms with van der Waals surface area (Å²) in [6.45, 7) is 8.57. The van der Waals surface area contributed by atoms with Gasteiger partial charge in [0.1, 0.15) is 18.1 Å². The van der Waals surface area contributed by atoms with Gasteiger partial charge in [0.15, 0.2) is 0 Å². The van der Waals surface area contributed by atoms with E-state index in [2.05, 4.69) is 28.6 Å². The van der Waals surface area contributed by atoms with Gasteiger partial charge in [-0.15, -0.1) is 0 Å². The smallest absolute Gasteiger partial charge is 0.325 e. The lowest BCUT2D eigenvalue weighted by molar-refractivity contribution is -0.142. The van der Waals surface area contributed by atoms with Crippen LogP contribution in [0.2, 0.25) is 0 Å². The molecule has 0 radical (unpaired) electrons.